The monoisotopic (exact) mass is 300 g/mol. The van der Waals surface area contributed by atoms with Crippen LogP contribution in [0.15, 0.2) is 43.0 Å². The lowest BCUT2D eigenvalue weighted by atomic mass is 10.2. The Morgan fingerprint density at radius 3 is 2.82 bits per heavy atom. The van der Waals surface area contributed by atoms with Gasteiger partial charge in [0.1, 0.15) is 18.4 Å². The van der Waals surface area contributed by atoms with Crippen molar-refractivity contribution in [1.29, 1.82) is 0 Å². The van der Waals surface area contributed by atoms with Crippen molar-refractivity contribution in [3.63, 3.8) is 0 Å². The van der Waals surface area contributed by atoms with Gasteiger partial charge in [0.25, 0.3) is 0 Å². The van der Waals surface area contributed by atoms with Gasteiger partial charge in [0, 0.05) is 12.1 Å². The van der Waals surface area contributed by atoms with E-state index in [4.69, 9.17) is 4.74 Å². The summed E-state index contributed by atoms with van der Waals surface area (Å²) in [5, 5.41) is 6.89. The van der Waals surface area contributed by atoms with Gasteiger partial charge in [-0.3, -0.25) is 9.48 Å². The van der Waals surface area contributed by atoms with Crippen molar-refractivity contribution in [1.82, 2.24) is 20.1 Å². The first-order chi connectivity index (χ1) is 10.7. The third kappa shape index (κ3) is 5.05. The molecule has 0 saturated carbocycles. The molecule has 2 rings (SSSR count). The van der Waals surface area contributed by atoms with Gasteiger partial charge in [-0.05, 0) is 37.6 Å². The van der Waals surface area contributed by atoms with E-state index >= 15 is 0 Å². The zero-order chi connectivity index (χ0) is 15.8. The van der Waals surface area contributed by atoms with Gasteiger partial charge in [-0.15, -0.1) is 0 Å². The molecule has 1 unspecified atom stereocenters. The fraction of sp³-hybridized carbons (Fsp3) is 0.312. The SMILES string of the molecule is CCOc1ccc(C=CC(=O)NC(C)Cn2cncn2)cc1. The summed E-state index contributed by atoms with van der Waals surface area (Å²) in [5.74, 6) is 0.687. The number of carbonyl (C=O) groups is 1. The smallest absolute Gasteiger partial charge is 0.244 e. The van der Waals surface area contributed by atoms with Gasteiger partial charge in [-0.2, -0.15) is 5.10 Å². The highest BCUT2D eigenvalue weighted by Crippen LogP contribution is 2.12. The Morgan fingerprint density at radius 1 is 1.41 bits per heavy atom. The fourth-order valence-corrected chi connectivity index (χ4v) is 1.96. The second-order valence-corrected chi connectivity index (χ2v) is 4.86. The quantitative estimate of drug-likeness (QED) is 0.793. The molecule has 1 atom stereocenters. The van der Waals surface area contributed by atoms with Crippen LogP contribution >= 0.6 is 0 Å². The van der Waals surface area contributed by atoms with Crippen LogP contribution in [0.4, 0.5) is 0 Å². The van der Waals surface area contributed by atoms with Gasteiger partial charge in [0.15, 0.2) is 0 Å². The molecule has 6 heteroatoms. The molecule has 1 aromatic carbocycles. The van der Waals surface area contributed by atoms with Crippen LogP contribution in [-0.4, -0.2) is 33.3 Å². The Hall–Kier alpha value is -2.63. The van der Waals surface area contributed by atoms with E-state index in [0.717, 1.165) is 11.3 Å². The van der Waals surface area contributed by atoms with Crippen LogP contribution in [-0.2, 0) is 11.3 Å². The molecule has 22 heavy (non-hydrogen) atoms. The summed E-state index contributed by atoms with van der Waals surface area (Å²) >= 11 is 0. The minimum Gasteiger partial charge on any atom is -0.494 e. The number of aromatic nitrogens is 3. The number of ether oxygens (including phenoxy) is 1. The van der Waals surface area contributed by atoms with Crippen LogP contribution in [0.5, 0.6) is 5.75 Å². The van der Waals surface area contributed by atoms with Crippen molar-refractivity contribution in [2.45, 2.75) is 26.4 Å². The average Bonchev–Trinajstić information content (AvgIpc) is 2.99. The topological polar surface area (TPSA) is 69.0 Å². The van der Waals surface area contributed by atoms with E-state index in [0.29, 0.717) is 13.2 Å². The molecule has 0 aliphatic heterocycles. The van der Waals surface area contributed by atoms with Crippen LogP contribution in [0.2, 0.25) is 0 Å². The lowest BCUT2D eigenvalue weighted by Crippen LogP contribution is -2.34. The van der Waals surface area contributed by atoms with Crippen LogP contribution < -0.4 is 10.1 Å². The number of hydrogen-bond donors (Lipinski definition) is 1. The molecule has 1 amide bonds. The first-order valence-electron chi connectivity index (χ1n) is 7.21. The van der Waals surface area contributed by atoms with Gasteiger partial charge >= 0.3 is 0 Å². The van der Waals surface area contributed by atoms with E-state index in [9.17, 15) is 4.79 Å². The molecule has 1 heterocycles. The van der Waals surface area contributed by atoms with Gasteiger partial charge in [-0.25, -0.2) is 4.98 Å². The molecule has 0 aliphatic rings. The summed E-state index contributed by atoms with van der Waals surface area (Å²) in [6, 6.07) is 7.56. The predicted molar refractivity (Wildman–Crippen MR) is 84.3 cm³/mol. The highest BCUT2D eigenvalue weighted by molar-refractivity contribution is 5.91. The summed E-state index contributed by atoms with van der Waals surface area (Å²) in [4.78, 5) is 15.7. The minimum atomic E-state index is -0.137. The Kier molecular flexibility index (Phi) is 5.71. The molecule has 0 spiro atoms. The largest absolute Gasteiger partial charge is 0.494 e. The van der Waals surface area contributed by atoms with E-state index in [1.807, 2.05) is 38.1 Å². The number of nitrogens with zero attached hydrogens (tertiary/aromatic N) is 3. The Morgan fingerprint density at radius 2 is 2.18 bits per heavy atom. The summed E-state index contributed by atoms with van der Waals surface area (Å²) < 4.78 is 7.05. The molecule has 0 fully saturated rings. The molecule has 2 aromatic rings. The summed E-state index contributed by atoms with van der Waals surface area (Å²) in [7, 11) is 0. The zero-order valence-corrected chi connectivity index (χ0v) is 12.8. The van der Waals surface area contributed by atoms with Crippen molar-refractivity contribution in [2.75, 3.05) is 6.61 Å². The lowest BCUT2D eigenvalue weighted by Gasteiger charge is -2.11. The van der Waals surface area contributed by atoms with Gasteiger partial charge in [0.2, 0.25) is 5.91 Å². The van der Waals surface area contributed by atoms with Gasteiger partial charge in [-0.1, -0.05) is 12.1 Å². The number of hydrogen-bond acceptors (Lipinski definition) is 4. The molecule has 6 nitrogen and oxygen atoms in total. The second-order valence-electron chi connectivity index (χ2n) is 4.86. The van der Waals surface area contributed by atoms with E-state index in [-0.39, 0.29) is 11.9 Å². The normalized spacial score (nSPS) is 12.3. The van der Waals surface area contributed by atoms with E-state index in [1.165, 1.54) is 12.4 Å². The molecule has 1 N–H and O–H groups in total. The van der Waals surface area contributed by atoms with E-state index in [2.05, 4.69) is 15.4 Å². The van der Waals surface area contributed by atoms with Crippen molar-refractivity contribution < 1.29 is 9.53 Å². The average molecular weight is 300 g/mol. The first kappa shape index (κ1) is 15.8. The van der Waals surface area contributed by atoms with Gasteiger partial charge < -0.3 is 10.1 Å². The molecule has 0 bridgehead atoms. The maximum atomic E-state index is 11.9. The standard InChI is InChI=1S/C16H20N4O2/c1-3-22-15-7-4-14(5-8-15)6-9-16(21)19-13(2)10-20-12-17-11-18-20/h4-9,11-13H,3,10H2,1-2H3,(H,19,21). The van der Waals surface area contributed by atoms with Crippen LogP contribution in [0, 0.1) is 0 Å². The second kappa shape index (κ2) is 7.97. The molecular formula is C16H20N4O2. The highest BCUT2D eigenvalue weighted by atomic mass is 16.5. The molecule has 0 saturated heterocycles. The Bertz CT molecular complexity index is 606. The molecule has 0 radical (unpaired) electrons. The molecule has 0 aliphatic carbocycles. The highest BCUT2D eigenvalue weighted by Gasteiger charge is 2.05. The van der Waals surface area contributed by atoms with E-state index < -0.39 is 0 Å². The number of nitrogens with one attached hydrogen (secondary N) is 1. The maximum absolute atomic E-state index is 11.9. The first-order valence-corrected chi connectivity index (χ1v) is 7.21. The zero-order valence-electron chi connectivity index (χ0n) is 12.8. The van der Waals surface area contributed by atoms with Crippen LogP contribution in [0.25, 0.3) is 6.08 Å². The van der Waals surface area contributed by atoms with Crippen molar-refractivity contribution in [2.24, 2.45) is 0 Å². The third-order valence-electron chi connectivity index (χ3n) is 2.93. The van der Waals surface area contributed by atoms with Crippen molar-refractivity contribution in [3.05, 3.63) is 48.6 Å². The van der Waals surface area contributed by atoms with Crippen molar-refractivity contribution in [3.8, 4) is 5.75 Å². The van der Waals surface area contributed by atoms with E-state index in [1.54, 1.807) is 17.1 Å². The number of carbonyl (C=O) groups excluding carboxylic acids is 1. The molecule has 1 aromatic heterocycles. The third-order valence-corrected chi connectivity index (χ3v) is 2.93. The summed E-state index contributed by atoms with van der Waals surface area (Å²) in [6.07, 6.45) is 6.39. The van der Waals surface area contributed by atoms with Crippen molar-refractivity contribution >= 4 is 12.0 Å². The van der Waals surface area contributed by atoms with Crippen LogP contribution in [0.3, 0.4) is 0 Å². The number of rotatable bonds is 7. The number of benzene rings is 1. The predicted octanol–water partition coefficient (Wildman–Crippen LogP) is 1.89. The maximum Gasteiger partial charge on any atom is 0.244 e. The summed E-state index contributed by atoms with van der Waals surface area (Å²) in [5.41, 5.74) is 0.947. The van der Waals surface area contributed by atoms with Crippen LogP contribution in [0.1, 0.15) is 19.4 Å². The Balaban J connectivity index is 1.82. The Labute approximate surface area is 129 Å². The molecule has 116 valence electrons. The lowest BCUT2D eigenvalue weighted by molar-refractivity contribution is -0.117. The van der Waals surface area contributed by atoms with Gasteiger partial charge in [0.05, 0.1) is 13.2 Å². The number of amides is 1. The fourth-order valence-electron chi connectivity index (χ4n) is 1.96. The summed E-state index contributed by atoms with van der Waals surface area (Å²) in [6.45, 7) is 5.09. The minimum absolute atomic E-state index is 0.0285. The molecular weight excluding hydrogens is 280 g/mol.